The highest BCUT2D eigenvalue weighted by atomic mass is 16.5. The number of nitrogens with zero attached hydrogens (tertiary/aromatic N) is 1. The Labute approximate surface area is 150 Å². The van der Waals surface area contributed by atoms with Crippen LogP contribution in [-0.4, -0.2) is 29.5 Å². The number of para-hydroxylation sites is 1. The van der Waals surface area contributed by atoms with Crippen molar-refractivity contribution in [2.24, 2.45) is 0 Å². The molecule has 1 heterocycles. The van der Waals surface area contributed by atoms with Crippen LogP contribution in [0.4, 0.5) is 0 Å². The first kappa shape index (κ1) is 17.4. The first-order valence-electron chi connectivity index (χ1n) is 8.24. The van der Waals surface area contributed by atoms with Crippen LogP contribution in [0.15, 0.2) is 65.5 Å². The third-order valence-corrected chi connectivity index (χ3v) is 3.93. The van der Waals surface area contributed by atoms with Gasteiger partial charge in [0.25, 0.3) is 5.91 Å². The number of nitrogens with one attached hydrogen (secondary N) is 2. The number of benzene rings is 2. The minimum atomic E-state index is -0.554. The molecular formula is C20H19N3O3. The van der Waals surface area contributed by atoms with E-state index in [1.807, 2.05) is 54.6 Å². The minimum absolute atomic E-state index is 0.184. The number of rotatable bonds is 6. The third kappa shape index (κ3) is 4.16. The number of ether oxygens (including phenoxy) is 1. The van der Waals surface area contributed by atoms with Crippen LogP contribution in [0.5, 0.6) is 5.75 Å². The smallest absolute Gasteiger partial charge is 0.346 e. The summed E-state index contributed by atoms with van der Waals surface area (Å²) >= 11 is 0. The van der Waals surface area contributed by atoms with E-state index in [0.29, 0.717) is 18.7 Å². The van der Waals surface area contributed by atoms with Crippen LogP contribution in [0.1, 0.15) is 16.1 Å². The molecule has 0 saturated heterocycles. The van der Waals surface area contributed by atoms with Crippen molar-refractivity contribution >= 4 is 5.91 Å². The number of H-pyrrole nitrogens is 1. The summed E-state index contributed by atoms with van der Waals surface area (Å²) in [6.07, 6.45) is 0.622. The predicted octanol–water partition coefficient (Wildman–Crippen LogP) is 2.42. The molecule has 0 radical (unpaired) electrons. The van der Waals surface area contributed by atoms with Crippen molar-refractivity contribution in [1.82, 2.24) is 15.3 Å². The van der Waals surface area contributed by atoms with Gasteiger partial charge in [0.05, 0.1) is 12.8 Å². The van der Waals surface area contributed by atoms with Gasteiger partial charge in [-0.05, 0) is 24.1 Å². The van der Waals surface area contributed by atoms with Gasteiger partial charge in [0.1, 0.15) is 11.4 Å². The predicted molar refractivity (Wildman–Crippen MR) is 99.3 cm³/mol. The maximum Gasteiger partial charge on any atom is 0.346 e. The normalized spacial score (nSPS) is 10.3. The fourth-order valence-corrected chi connectivity index (χ4v) is 2.65. The molecule has 1 amide bonds. The zero-order valence-corrected chi connectivity index (χ0v) is 14.4. The Morgan fingerprint density at radius 1 is 1.12 bits per heavy atom. The van der Waals surface area contributed by atoms with Gasteiger partial charge in [0, 0.05) is 12.1 Å². The highest BCUT2D eigenvalue weighted by molar-refractivity contribution is 5.93. The summed E-state index contributed by atoms with van der Waals surface area (Å²) in [5.74, 6) is 0.432. The lowest BCUT2D eigenvalue weighted by Crippen LogP contribution is -2.29. The van der Waals surface area contributed by atoms with Crippen molar-refractivity contribution < 1.29 is 9.53 Å². The summed E-state index contributed by atoms with van der Waals surface area (Å²) in [7, 11) is 1.62. The van der Waals surface area contributed by atoms with Crippen molar-refractivity contribution in [2.45, 2.75) is 6.42 Å². The largest absolute Gasteiger partial charge is 0.496 e. The van der Waals surface area contributed by atoms with Gasteiger partial charge in [-0.1, -0.05) is 48.5 Å². The number of aromatic amines is 1. The number of hydrogen-bond donors (Lipinski definition) is 2. The van der Waals surface area contributed by atoms with Crippen molar-refractivity contribution in [3.63, 3.8) is 0 Å². The quantitative estimate of drug-likeness (QED) is 0.716. The second-order valence-electron chi connectivity index (χ2n) is 5.67. The van der Waals surface area contributed by atoms with E-state index in [-0.39, 0.29) is 11.6 Å². The zero-order chi connectivity index (χ0) is 18.4. The molecule has 2 aromatic carbocycles. The van der Waals surface area contributed by atoms with Crippen LogP contribution in [0.25, 0.3) is 11.3 Å². The molecule has 132 valence electrons. The summed E-state index contributed by atoms with van der Waals surface area (Å²) in [4.78, 5) is 30.6. The van der Waals surface area contributed by atoms with E-state index in [1.54, 1.807) is 13.2 Å². The zero-order valence-electron chi connectivity index (χ0n) is 14.4. The number of carbonyl (C=O) groups is 1. The molecule has 6 heteroatoms. The van der Waals surface area contributed by atoms with Gasteiger partial charge >= 0.3 is 5.69 Å². The van der Waals surface area contributed by atoms with Gasteiger partial charge in [-0.3, -0.25) is 4.79 Å². The van der Waals surface area contributed by atoms with Crippen LogP contribution >= 0.6 is 0 Å². The number of hydrogen-bond acceptors (Lipinski definition) is 4. The molecule has 1 aromatic heterocycles. The van der Waals surface area contributed by atoms with Gasteiger partial charge in [-0.15, -0.1) is 0 Å². The molecule has 0 unspecified atom stereocenters. The molecule has 0 aliphatic carbocycles. The molecule has 0 fully saturated rings. The maximum absolute atomic E-state index is 12.4. The van der Waals surface area contributed by atoms with E-state index >= 15 is 0 Å². The SMILES string of the molecule is COc1ccccc1CCNC(=O)c1cc(-c2ccccc2)nc(=O)[nH]1. The topological polar surface area (TPSA) is 84.1 Å². The first-order valence-corrected chi connectivity index (χ1v) is 8.24. The Hall–Kier alpha value is -3.41. The molecular weight excluding hydrogens is 330 g/mol. The average Bonchev–Trinajstić information content (AvgIpc) is 2.68. The highest BCUT2D eigenvalue weighted by Gasteiger charge is 2.11. The van der Waals surface area contributed by atoms with Gasteiger partial charge < -0.3 is 15.0 Å². The average molecular weight is 349 g/mol. The molecule has 0 atom stereocenters. The monoisotopic (exact) mass is 349 g/mol. The maximum atomic E-state index is 12.4. The molecule has 0 aliphatic heterocycles. The Balaban J connectivity index is 1.70. The second kappa shape index (κ2) is 8.11. The van der Waals surface area contributed by atoms with E-state index in [9.17, 15) is 9.59 Å². The molecule has 0 bridgehead atoms. The number of aromatic nitrogens is 2. The standard InChI is InChI=1S/C20H19N3O3/c1-26-18-10-6-5-9-15(18)11-12-21-19(24)17-13-16(22-20(25)23-17)14-7-3-2-4-8-14/h2-10,13H,11-12H2,1H3,(H,21,24)(H,22,23,25). The molecule has 0 aliphatic rings. The summed E-state index contributed by atoms with van der Waals surface area (Å²) in [6.45, 7) is 0.421. The van der Waals surface area contributed by atoms with Crippen molar-refractivity contribution in [3.8, 4) is 17.0 Å². The van der Waals surface area contributed by atoms with E-state index in [2.05, 4.69) is 15.3 Å². The number of amides is 1. The highest BCUT2D eigenvalue weighted by Crippen LogP contribution is 2.17. The Morgan fingerprint density at radius 3 is 2.62 bits per heavy atom. The van der Waals surface area contributed by atoms with Crippen LogP contribution in [0.3, 0.4) is 0 Å². The van der Waals surface area contributed by atoms with Gasteiger partial charge in [-0.25, -0.2) is 4.79 Å². The van der Waals surface area contributed by atoms with Crippen LogP contribution in [0.2, 0.25) is 0 Å². The molecule has 0 saturated carbocycles. The lowest BCUT2D eigenvalue weighted by atomic mass is 10.1. The lowest BCUT2D eigenvalue weighted by Gasteiger charge is -2.09. The second-order valence-corrected chi connectivity index (χ2v) is 5.67. The summed E-state index contributed by atoms with van der Waals surface area (Å²) in [6, 6.07) is 18.5. The van der Waals surface area contributed by atoms with E-state index in [4.69, 9.17) is 4.74 Å². The van der Waals surface area contributed by atoms with Crippen LogP contribution in [-0.2, 0) is 6.42 Å². The molecule has 2 N–H and O–H groups in total. The van der Waals surface area contributed by atoms with Crippen molar-refractivity contribution in [1.29, 1.82) is 0 Å². The number of carbonyl (C=O) groups excluding carboxylic acids is 1. The summed E-state index contributed by atoms with van der Waals surface area (Å²) < 4.78 is 5.30. The van der Waals surface area contributed by atoms with Gasteiger partial charge in [0.15, 0.2) is 0 Å². The molecule has 0 spiro atoms. The lowest BCUT2D eigenvalue weighted by molar-refractivity contribution is 0.0948. The first-order chi connectivity index (χ1) is 12.7. The fraction of sp³-hybridized carbons (Fsp3) is 0.150. The van der Waals surface area contributed by atoms with E-state index in [1.165, 1.54) is 0 Å². The molecule has 3 rings (SSSR count). The number of methoxy groups -OCH3 is 1. The summed E-state index contributed by atoms with van der Waals surface area (Å²) in [5, 5.41) is 2.81. The van der Waals surface area contributed by atoms with Gasteiger partial charge in [0.2, 0.25) is 0 Å². The van der Waals surface area contributed by atoms with E-state index < -0.39 is 5.69 Å². The Kier molecular flexibility index (Phi) is 5.43. The van der Waals surface area contributed by atoms with Gasteiger partial charge in [-0.2, -0.15) is 4.98 Å². The minimum Gasteiger partial charge on any atom is -0.496 e. The Morgan fingerprint density at radius 2 is 1.85 bits per heavy atom. The van der Waals surface area contributed by atoms with Crippen molar-refractivity contribution in [2.75, 3.05) is 13.7 Å². The molecule has 6 nitrogen and oxygen atoms in total. The molecule has 26 heavy (non-hydrogen) atoms. The molecule has 3 aromatic rings. The third-order valence-electron chi connectivity index (χ3n) is 3.93. The van der Waals surface area contributed by atoms with Crippen LogP contribution in [0, 0.1) is 0 Å². The summed E-state index contributed by atoms with van der Waals surface area (Å²) in [5.41, 5.74) is 1.87. The van der Waals surface area contributed by atoms with Crippen LogP contribution < -0.4 is 15.7 Å². The van der Waals surface area contributed by atoms with E-state index in [0.717, 1.165) is 16.9 Å². The van der Waals surface area contributed by atoms with Crippen molar-refractivity contribution in [3.05, 3.63) is 82.4 Å². The fourth-order valence-electron chi connectivity index (χ4n) is 2.65. The Bertz CT molecular complexity index is 952.